The van der Waals surface area contributed by atoms with Gasteiger partial charge in [0.2, 0.25) is 0 Å². The van der Waals surface area contributed by atoms with Crippen LogP contribution < -0.4 is 10.6 Å². The lowest BCUT2D eigenvalue weighted by molar-refractivity contribution is 0.762. The molecule has 0 spiro atoms. The minimum atomic E-state index is -0.0438. The molecule has 2 nitrogen and oxygen atoms in total. The van der Waals surface area contributed by atoms with Crippen LogP contribution >= 0.6 is 39.7 Å². The van der Waals surface area contributed by atoms with E-state index in [4.69, 9.17) is 23.8 Å². The Kier molecular flexibility index (Phi) is 6.53. The van der Waals surface area contributed by atoms with Crippen LogP contribution in [-0.4, -0.2) is 5.11 Å². The standard InChI is InChI=1S/C22H20BrClN2S/c1-14-8-10-18(15(2)12-14)21(16-6-4-3-5-7-16)26-22(27)25-17-9-11-19(23)20(24)13-17/h3-13,21H,1-2H3,(H2,25,26,27). The molecule has 0 saturated heterocycles. The van der Waals surface area contributed by atoms with Crippen molar-refractivity contribution < 1.29 is 0 Å². The summed E-state index contributed by atoms with van der Waals surface area (Å²) in [4.78, 5) is 0. The first-order valence-corrected chi connectivity index (χ1v) is 10.2. The first-order valence-electron chi connectivity index (χ1n) is 8.58. The third-order valence-corrected chi connectivity index (χ3v) is 5.77. The van der Waals surface area contributed by atoms with Gasteiger partial charge in [-0.1, -0.05) is 65.7 Å². The first-order chi connectivity index (χ1) is 12.9. The van der Waals surface area contributed by atoms with Crippen molar-refractivity contribution in [1.82, 2.24) is 5.32 Å². The SMILES string of the molecule is Cc1ccc(C(NC(=S)Nc2ccc(Br)c(Cl)c2)c2ccccc2)c(C)c1. The maximum Gasteiger partial charge on any atom is 0.171 e. The molecular formula is C22H20BrClN2S. The fraction of sp³-hybridized carbons (Fsp3) is 0.136. The van der Waals surface area contributed by atoms with E-state index >= 15 is 0 Å². The van der Waals surface area contributed by atoms with Gasteiger partial charge in [0.05, 0.1) is 11.1 Å². The van der Waals surface area contributed by atoms with Gasteiger partial charge >= 0.3 is 0 Å². The summed E-state index contributed by atoms with van der Waals surface area (Å²) < 4.78 is 0.853. The number of aryl methyl sites for hydroxylation is 2. The number of hydrogen-bond acceptors (Lipinski definition) is 1. The number of nitrogens with one attached hydrogen (secondary N) is 2. The third kappa shape index (κ3) is 5.10. The summed E-state index contributed by atoms with van der Waals surface area (Å²) in [5.41, 5.74) is 5.67. The van der Waals surface area contributed by atoms with Crippen LogP contribution in [0, 0.1) is 13.8 Å². The number of halogens is 2. The number of thiocarbonyl (C=S) groups is 1. The maximum atomic E-state index is 6.18. The van der Waals surface area contributed by atoms with Crippen molar-refractivity contribution in [2.75, 3.05) is 5.32 Å². The maximum absolute atomic E-state index is 6.18. The van der Waals surface area contributed by atoms with E-state index in [0.717, 1.165) is 15.7 Å². The van der Waals surface area contributed by atoms with Gasteiger partial charge in [0, 0.05) is 10.2 Å². The highest BCUT2D eigenvalue weighted by molar-refractivity contribution is 9.10. The summed E-state index contributed by atoms with van der Waals surface area (Å²) in [6.45, 7) is 4.23. The Morgan fingerprint density at radius 2 is 1.74 bits per heavy atom. The van der Waals surface area contributed by atoms with Gasteiger partial charge in [-0.25, -0.2) is 0 Å². The molecule has 1 unspecified atom stereocenters. The minimum Gasteiger partial charge on any atom is -0.352 e. The quantitative estimate of drug-likeness (QED) is 0.420. The molecule has 0 heterocycles. The zero-order chi connectivity index (χ0) is 19.4. The summed E-state index contributed by atoms with van der Waals surface area (Å²) in [7, 11) is 0. The molecule has 2 N–H and O–H groups in total. The first kappa shape index (κ1) is 19.9. The summed E-state index contributed by atoms with van der Waals surface area (Å²) in [6, 6.07) is 22.4. The molecule has 5 heteroatoms. The Morgan fingerprint density at radius 1 is 1.00 bits per heavy atom. The molecule has 0 fully saturated rings. The topological polar surface area (TPSA) is 24.1 Å². The lowest BCUT2D eigenvalue weighted by Crippen LogP contribution is -2.33. The molecule has 3 aromatic carbocycles. The Hall–Kier alpha value is -1.88. The number of rotatable bonds is 4. The van der Waals surface area contributed by atoms with Crippen molar-refractivity contribution in [3.63, 3.8) is 0 Å². The van der Waals surface area contributed by atoms with Gasteiger partial charge in [-0.15, -0.1) is 0 Å². The summed E-state index contributed by atoms with van der Waals surface area (Å²) >= 11 is 15.2. The Labute approximate surface area is 179 Å². The molecule has 0 aliphatic rings. The van der Waals surface area contributed by atoms with Gasteiger partial charge in [0.1, 0.15) is 0 Å². The zero-order valence-electron chi connectivity index (χ0n) is 15.1. The van der Waals surface area contributed by atoms with Crippen LogP contribution in [0.3, 0.4) is 0 Å². The normalized spacial score (nSPS) is 11.7. The third-order valence-electron chi connectivity index (χ3n) is 4.32. The highest BCUT2D eigenvalue weighted by Crippen LogP contribution is 2.27. The smallest absolute Gasteiger partial charge is 0.171 e. The summed E-state index contributed by atoms with van der Waals surface area (Å²) in [6.07, 6.45) is 0. The van der Waals surface area contributed by atoms with E-state index in [1.807, 2.05) is 36.4 Å². The molecule has 27 heavy (non-hydrogen) atoms. The van der Waals surface area contributed by atoms with Crippen molar-refractivity contribution in [2.24, 2.45) is 0 Å². The van der Waals surface area contributed by atoms with E-state index in [0.29, 0.717) is 10.1 Å². The van der Waals surface area contributed by atoms with Gasteiger partial charge in [0.15, 0.2) is 5.11 Å². The van der Waals surface area contributed by atoms with Crippen molar-refractivity contribution in [3.05, 3.63) is 98.5 Å². The van der Waals surface area contributed by atoms with Crippen LogP contribution in [0.25, 0.3) is 0 Å². The molecule has 0 aliphatic heterocycles. The minimum absolute atomic E-state index is 0.0438. The second-order valence-electron chi connectivity index (χ2n) is 6.43. The lowest BCUT2D eigenvalue weighted by atomic mass is 9.94. The largest absolute Gasteiger partial charge is 0.352 e. The molecule has 0 aliphatic carbocycles. The molecule has 138 valence electrons. The molecule has 3 aromatic rings. The molecule has 0 bridgehead atoms. The van der Waals surface area contributed by atoms with Crippen LogP contribution in [0.4, 0.5) is 5.69 Å². The van der Waals surface area contributed by atoms with Crippen molar-refractivity contribution in [3.8, 4) is 0 Å². The van der Waals surface area contributed by atoms with Crippen LogP contribution in [0.1, 0.15) is 28.3 Å². The number of anilines is 1. The van der Waals surface area contributed by atoms with Gasteiger partial charge < -0.3 is 10.6 Å². The highest BCUT2D eigenvalue weighted by Gasteiger charge is 2.17. The predicted molar refractivity (Wildman–Crippen MR) is 123 cm³/mol. The predicted octanol–water partition coefficient (Wildman–Crippen LogP) is 6.80. The molecule has 0 amide bonds. The molecular weight excluding hydrogens is 440 g/mol. The van der Waals surface area contributed by atoms with Crippen LogP contribution in [0.5, 0.6) is 0 Å². The van der Waals surface area contributed by atoms with Crippen molar-refractivity contribution >= 4 is 50.5 Å². The number of benzene rings is 3. The fourth-order valence-electron chi connectivity index (χ4n) is 3.01. The van der Waals surface area contributed by atoms with Gasteiger partial charge in [-0.05, 0) is 76.9 Å². The van der Waals surface area contributed by atoms with Crippen LogP contribution in [0.15, 0.2) is 71.2 Å². The lowest BCUT2D eigenvalue weighted by Gasteiger charge is -2.24. The Bertz CT molecular complexity index is 960. The van der Waals surface area contributed by atoms with Crippen LogP contribution in [0.2, 0.25) is 5.02 Å². The molecule has 0 aromatic heterocycles. The summed E-state index contributed by atoms with van der Waals surface area (Å²) in [5.74, 6) is 0. The Morgan fingerprint density at radius 3 is 2.41 bits per heavy atom. The molecule has 1 atom stereocenters. The Balaban J connectivity index is 1.87. The van der Waals surface area contributed by atoms with E-state index in [2.05, 4.69) is 70.7 Å². The fourth-order valence-corrected chi connectivity index (χ4v) is 3.67. The summed E-state index contributed by atoms with van der Waals surface area (Å²) in [5, 5.41) is 7.86. The van der Waals surface area contributed by atoms with Gasteiger partial charge in [-0.3, -0.25) is 0 Å². The van der Waals surface area contributed by atoms with Crippen LogP contribution in [-0.2, 0) is 0 Å². The van der Waals surface area contributed by atoms with E-state index in [1.54, 1.807) is 0 Å². The zero-order valence-corrected chi connectivity index (χ0v) is 18.3. The second kappa shape index (κ2) is 8.87. The second-order valence-corrected chi connectivity index (χ2v) is 8.10. The molecule has 3 rings (SSSR count). The van der Waals surface area contributed by atoms with E-state index < -0.39 is 0 Å². The van der Waals surface area contributed by atoms with Gasteiger partial charge in [0.25, 0.3) is 0 Å². The van der Waals surface area contributed by atoms with E-state index in [1.165, 1.54) is 16.7 Å². The highest BCUT2D eigenvalue weighted by atomic mass is 79.9. The van der Waals surface area contributed by atoms with E-state index in [-0.39, 0.29) is 6.04 Å². The molecule has 0 radical (unpaired) electrons. The van der Waals surface area contributed by atoms with Crippen molar-refractivity contribution in [2.45, 2.75) is 19.9 Å². The van der Waals surface area contributed by atoms with Crippen molar-refractivity contribution in [1.29, 1.82) is 0 Å². The van der Waals surface area contributed by atoms with Gasteiger partial charge in [-0.2, -0.15) is 0 Å². The molecule has 0 saturated carbocycles. The monoisotopic (exact) mass is 458 g/mol. The van der Waals surface area contributed by atoms with E-state index in [9.17, 15) is 0 Å². The number of hydrogen-bond donors (Lipinski definition) is 2. The average Bonchev–Trinajstić information content (AvgIpc) is 2.64. The average molecular weight is 460 g/mol.